The first kappa shape index (κ1) is 35.0. The first-order valence-corrected chi connectivity index (χ1v) is 19.1. The summed E-state index contributed by atoms with van der Waals surface area (Å²) in [6, 6.07) is 11.5. The molecule has 6 rings (SSSR count). The minimum Gasteiger partial charge on any atom is -0.490 e. The number of nitrogens with one attached hydrogen (secondary N) is 1. The third-order valence-electron chi connectivity index (χ3n) is 10.4. The second kappa shape index (κ2) is 14.6. The van der Waals surface area contributed by atoms with Crippen molar-refractivity contribution in [1.82, 2.24) is 4.72 Å². The number of nitrogens with zero attached hydrogens (tertiary/aromatic N) is 3. The molecule has 10 nitrogen and oxygen atoms in total. The maximum absolute atomic E-state index is 14.4. The summed E-state index contributed by atoms with van der Waals surface area (Å²) in [5, 5.41) is 0.742. The zero-order valence-corrected chi connectivity index (χ0v) is 30.0. The molecule has 2 aromatic carbocycles. The second-order valence-electron chi connectivity index (χ2n) is 13.9. The van der Waals surface area contributed by atoms with E-state index in [1.807, 2.05) is 25.1 Å². The van der Waals surface area contributed by atoms with Crippen LogP contribution in [0.25, 0.3) is 0 Å². The molecule has 2 aliphatic heterocycles. The molecule has 1 unspecified atom stereocenters. The summed E-state index contributed by atoms with van der Waals surface area (Å²) < 4.78 is 32.8. The lowest BCUT2D eigenvalue weighted by molar-refractivity contribution is -0.115. The number of aliphatic imine (C=N–C) groups is 1. The van der Waals surface area contributed by atoms with Crippen LogP contribution in [0.2, 0.25) is 5.02 Å². The van der Waals surface area contributed by atoms with Crippen molar-refractivity contribution >= 4 is 45.2 Å². The maximum atomic E-state index is 14.4. The molecule has 0 aromatic heterocycles. The third-order valence-corrected chi connectivity index (χ3v) is 12.7. The highest BCUT2D eigenvalue weighted by Gasteiger charge is 2.43. The van der Waals surface area contributed by atoms with Gasteiger partial charge in [-0.05, 0) is 104 Å². The number of halogens is 1. The number of benzene rings is 2. The molecule has 2 aliphatic carbocycles. The number of allylic oxidation sites excluding steroid dienone is 2. The van der Waals surface area contributed by atoms with E-state index in [2.05, 4.69) is 43.3 Å². The molecule has 262 valence electrons. The summed E-state index contributed by atoms with van der Waals surface area (Å²) in [5.41, 5.74) is 9.20. The summed E-state index contributed by atoms with van der Waals surface area (Å²) in [7, 11) is -0.799. The number of methoxy groups -OCH3 is 1. The number of hydrogen-bond acceptors (Lipinski definition) is 8. The zero-order chi connectivity index (χ0) is 34.8. The van der Waals surface area contributed by atoms with Crippen LogP contribution in [0.1, 0.15) is 66.9 Å². The number of anilines is 1. The second-order valence-corrected chi connectivity index (χ2v) is 16.4. The molecule has 2 amide bonds. The van der Waals surface area contributed by atoms with Crippen molar-refractivity contribution in [2.24, 2.45) is 32.8 Å². The van der Waals surface area contributed by atoms with Crippen LogP contribution in [0.4, 0.5) is 5.69 Å². The first-order chi connectivity index (χ1) is 23.5. The summed E-state index contributed by atoms with van der Waals surface area (Å²) in [5.74, 6) is -0.0654. The Bertz CT molecular complexity index is 1830. The number of rotatable bonds is 4. The molecule has 0 radical (unpaired) electrons. The van der Waals surface area contributed by atoms with Crippen molar-refractivity contribution in [3.05, 3.63) is 81.7 Å². The molecule has 2 heterocycles. The van der Waals surface area contributed by atoms with E-state index in [-0.39, 0.29) is 34.1 Å². The number of ether oxygens (including phenoxy) is 2. The largest absolute Gasteiger partial charge is 0.490 e. The van der Waals surface area contributed by atoms with Gasteiger partial charge in [-0.15, -0.1) is 4.36 Å². The number of hydrogen-bond donors (Lipinski definition) is 2. The molecule has 12 heteroatoms. The van der Waals surface area contributed by atoms with Crippen molar-refractivity contribution in [2.75, 3.05) is 44.5 Å². The number of nitrogens with two attached hydrogens (primary N) is 1. The highest BCUT2D eigenvalue weighted by atomic mass is 35.5. The Kier molecular flexibility index (Phi) is 10.4. The van der Waals surface area contributed by atoms with Crippen LogP contribution in [0, 0.1) is 17.8 Å². The number of fused-ring (bicyclic) bond motifs is 4. The fraction of sp³-hybridized carbons (Fsp3) is 0.486. The predicted octanol–water partition coefficient (Wildman–Crippen LogP) is 5.98. The van der Waals surface area contributed by atoms with Crippen molar-refractivity contribution in [2.45, 2.75) is 57.3 Å². The predicted molar refractivity (Wildman–Crippen MR) is 195 cm³/mol. The molecule has 2 aromatic rings. The quantitative estimate of drug-likeness (QED) is 0.173. The monoisotopic (exact) mass is 707 g/mol. The van der Waals surface area contributed by atoms with Gasteiger partial charge >= 0.3 is 0 Å². The van der Waals surface area contributed by atoms with Crippen molar-refractivity contribution in [1.29, 1.82) is 0 Å². The third kappa shape index (κ3) is 7.52. The van der Waals surface area contributed by atoms with Gasteiger partial charge in [0.25, 0.3) is 11.8 Å². The van der Waals surface area contributed by atoms with Gasteiger partial charge < -0.3 is 20.1 Å². The van der Waals surface area contributed by atoms with Crippen LogP contribution < -0.4 is 20.1 Å². The summed E-state index contributed by atoms with van der Waals surface area (Å²) >= 11 is 6.43. The SMILES string of the molecule is CN=C/C(C(=O)NS1(=O)=NC(=O)c2ccc3c(c2)N(C[C@@H]2CC[C@H]2C/C=C/C[C@H](C)C1)C[C@@]1(CCCc2cc(Cl)ccc21)CO3)=C(\N)OC. The molecular formula is C37H46ClN5O5S. The van der Waals surface area contributed by atoms with E-state index in [4.69, 9.17) is 26.8 Å². The molecule has 49 heavy (non-hydrogen) atoms. The summed E-state index contributed by atoms with van der Waals surface area (Å²) in [4.78, 5) is 33.5. The van der Waals surface area contributed by atoms with Crippen LogP contribution in [0.5, 0.6) is 5.75 Å². The topological polar surface area (TPSA) is 136 Å². The zero-order valence-electron chi connectivity index (χ0n) is 28.5. The van der Waals surface area contributed by atoms with Crippen LogP contribution in [0.3, 0.4) is 0 Å². The van der Waals surface area contributed by atoms with Crippen molar-refractivity contribution in [3.8, 4) is 5.75 Å². The van der Waals surface area contributed by atoms with Gasteiger partial charge in [0.05, 0.1) is 25.2 Å². The molecule has 1 saturated carbocycles. The molecule has 1 fully saturated rings. The fourth-order valence-corrected chi connectivity index (χ4v) is 9.81. The summed E-state index contributed by atoms with van der Waals surface area (Å²) in [6.07, 6.45) is 12.5. The van der Waals surface area contributed by atoms with E-state index in [1.54, 1.807) is 6.07 Å². The smallest absolute Gasteiger partial charge is 0.286 e. The van der Waals surface area contributed by atoms with Gasteiger partial charge in [-0.1, -0.05) is 36.7 Å². The van der Waals surface area contributed by atoms with E-state index in [1.165, 1.54) is 37.9 Å². The highest BCUT2D eigenvalue weighted by Crippen LogP contribution is 2.46. The van der Waals surface area contributed by atoms with Gasteiger partial charge in [-0.2, -0.15) is 0 Å². The molecule has 0 saturated heterocycles. The van der Waals surface area contributed by atoms with Gasteiger partial charge in [0, 0.05) is 42.4 Å². The average Bonchev–Trinajstić information content (AvgIpc) is 3.21. The van der Waals surface area contributed by atoms with Gasteiger partial charge in [0.15, 0.2) is 5.88 Å². The Labute approximate surface area is 294 Å². The molecule has 2 bridgehead atoms. The molecule has 5 atom stereocenters. The Morgan fingerprint density at radius 1 is 1.20 bits per heavy atom. The van der Waals surface area contributed by atoms with E-state index in [0.29, 0.717) is 30.6 Å². The number of aryl methyl sites for hydroxylation is 1. The maximum Gasteiger partial charge on any atom is 0.286 e. The normalized spacial score (nSPS) is 29.7. The number of carbonyl (C=O) groups excluding carboxylic acids is 2. The Morgan fingerprint density at radius 2 is 2.00 bits per heavy atom. The van der Waals surface area contributed by atoms with Gasteiger partial charge in [-0.25, -0.2) is 4.21 Å². The average molecular weight is 708 g/mol. The van der Waals surface area contributed by atoms with Crippen LogP contribution in [-0.2, 0) is 31.3 Å². The van der Waals surface area contributed by atoms with Crippen LogP contribution >= 0.6 is 11.6 Å². The lowest BCUT2D eigenvalue weighted by Crippen LogP contribution is -2.48. The van der Waals surface area contributed by atoms with E-state index >= 15 is 0 Å². The molecule has 3 N–H and O–H groups in total. The summed E-state index contributed by atoms with van der Waals surface area (Å²) in [6.45, 7) is 4.03. The minimum absolute atomic E-state index is 0.0313. The Hall–Kier alpha value is -3.83. The Morgan fingerprint density at radius 3 is 2.76 bits per heavy atom. The molecule has 1 spiro atoms. The van der Waals surface area contributed by atoms with E-state index < -0.39 is 21.7 Å². The van der Waals surface area contributed by atoms with Gasteiger partial charge in [0.2, 0.25) is 0 Å². The van der Waals surface area contributed by atoms with Gasteiger partial charge in [-0.3, -0.25) is 19.3 Å². The van der Waals surface area contributed by atoms with Gasteiger partial charge in [0.1, 0.15) is 21.2 Å². The molecular weight excluding hydrogens is 662 g/mol. The lowest BCUT2D eigenvalue weighted by Gasteiger charge is -2.44. The number of carbonyl (C=O) groups is 2. The van der Waals surface area contributed by atoms with Crippen molar-refractivity contribution < 1.29 is 23.3 Å². The van der Waals surface area contributed by atoms with Crippen LogP contribution in [0.15, 0.2) is 69.4 Å². The fourth-order valence-electron chi connectivity index (χ4n) is 7.73. The molecule has 4 aliphatic rings. The van der Waals surface area contributed by atoms with E-state index in [9.17, 15) is 13.8 Å². The number of amides is 2. The first-order valence-electron chi connectivity index (χ1n) is 17.1. The lowest BCUT2D eigenvalue weighted by atomic mass is 9.69. The van der Waals surface area contributed by atoms with E-state index in [0.717, 1.165) is 55.9 Å². The minimum atomic E-state index is -3.60. The highest BCUT2D eigenvalue weighted by molar-refractivity contribution is 7.92. The Balaban J connectivity index is 1.42. The standard InChI is InChI=1S/C37H46ClN5O5S/c1-24-7-4-5-8-25-10-11-28(25)20-43-22-37(16-6-9-26-17-29(38)13-14-31(26)37)23-48-33-15-12-27(18-32(33)43)35(44)41-49(46,21-24)42-36(45)30(19-40-2)34(39)47-3/h4-5,12-15,17-19,24-25,28H,6-11,16,20-23,39H2,1-3H3,(H,41,42,44,45,46)/b5-4+,34-30-,40-19?/t24-,25+,28-,37-,49?/m0/s1. The van der Waals surface area contributed by atoms with Crippen molar-refractivity contribution in [3.63, 3.8) is 0 Å². The van der Waals surface area contributed by atoms with Crippen LogP contribution in [-0.4, -0.2) is 61.8 Å².